The van der Waals surface area contributed by atoms with Crippen LogP contribution in [0.5, 0.6) is 0 Å². The van der Waals surface area contributed by atoms with Gasteiger partial charge in [-0.1, -0.05) is 36.4 Å². The molecule has 2 nitrogen and oxygen atoms in total. The van der Waals surface area contributed by atoms with Gasteiger partial charge in [-0.25, -0.2) is 0 Å². The number of nitrogens with one attached hydrogen (secondary N) is 1. The Morgan fingerprint density at radius 2 is 1.79 bits per heavy atom. The Hall–Kier alpha value is -2.27. The Bertz CT molecular complexity index is 541. The van der Waals surface area contributed by atoms with Gasteiger partial charge in [0, 0.05) is 12.2 Å². The summed E-state index contributed by atoms with van der Waals surface area (Å²) in [4.78, 5) is 0. The number of rotatable bonds is 6. The minimum absolute atomic E-state index is 0.703. The largest absolute Gasteiger partial charge is 0.385 e. The fraction of sp³-hybridized carbons (Fsp3) is 0.235. The first kappa shape index (κ1) is 13.2. The average molecular weight is 250 g/mol. The molecule has 2 rings (SSSR count). The summed E-state index contributed by atoms with van der Waals surface area (Å²) < 4.78 is 0. The summed E-state index contributed by atoms with van der Waals surface area (Å²) in [5, 5.41) is 12.2. The molecule has 2 aromatic carbocycles. The van der Waals surface area contributed by atoms with Crippen molar-refractivity contribution in [3.8, 4) is 6.07 Å². The van der Waals surface area contributed by atoms with Gasteiger partial charge in [0.05, 0.1) is 11.6 Å². The monoisotopic (exact) mass is 250 g/mol. The maximum Gasteiger partial charge on any atom is 0.0992 e. The van der Waals surface area contributed by atoms with Crippen LogP contribution in [0.15, 0.2) is 54.6 Å². The zero-order valence-corrected chi connectivity index (χ0v) is 11.0. The Morgan fingerprint density at radius 3 is 2.58 bits per heavy atom. The summed E-state index contributed by atoms with van der Waals surface area (Å²) in [5.41, 5.74) is 3.13. The summed E-state index contributed by atoms with van der Waals surface area (Å²) >= 11 is 0. The molecule has 2 aromatic rings. The number of hydrogen-bond donors (Lipinski definition) is 1. The number of anilines is 1. The van der Waals surface area contributed by atoms with Gasteiger partial charge in [0.2, 0.25) is 0 Å². The molecule has 1 N–H and O–H groups in total. The number of hydrogen-bond acceptors (Lipinski definition) is 2. The first-order chi connectivity index (χ1) is 9.38. The molecule has 0 saturated heterocycles. The zero-order chi connectivity index (χ0) is 13.3. The van der Waals surface area contributed by atoms with E-state index in [1.165, 1.54) is 12.0 Å². The van der Waals surface area contributed by atoms with E-state index in [1.54, 1.807) is 0 Å². The number of unbranched alkanes of at least 4 members (excludes halogenated alkanes) is 1. The van der Waals surface area contributed by atoms with E-state index in [2.05, 4.69) is 35.7 Å². The predicted molar refractivity (Wildman–Crippen MR) is 79.0 cm³/mol. The highest BCUT2D eigenvalue weighted by molar-refractivity contribution is 5.48. The van der Waals surface area contributed by atoms with Crippen LogP contribution < -0.4 is 5.32 Å². The van der Waals surface area contributed by atoms with Gasteiger partial charge in [0.1, 0.15) is 0 Å². The van der Waals surface area contributed by atoms with Crippen LogP contribution in [0.25, 0.3) is 0 Å². The minimum Gasteiger partial charge on any atom is -0.385 e. The smallest absolute Gasteiger partial charge is 0.0992 e. The summed E-state index contributed by atoms with van der Waals surface area (Å²) in [7, 11) is 0. The molecule has 0 unspecified atom stereocenters. The summed E-state index contributed by atoms with van der Waals surface area (Å²) in [5.74, 6) is 0. The van der Waals surface area contributed by atoms with E-state index in [4.69, 9.17) is 5.26 Å². The molecule has 0 aliphatic heterocycles. The van der Waals surface area contributed by atoms with Crippen LogP contribution in [0, 0.1) is 11.3 Å². The lowest BCUT2D eigenvalue weighted by Crippen LogP contribution is -2.02. The van der Waals surface area contributed by atoms with E-state index in [1.807, 2.05) is 30.3 Å². The molecule has 0 spiro atoms. The molecule has 0 aliphatic carbocycles. The van der Waals surface area contributed by atoms with Crippen LogP contribution >= 0.6 is 0 Å². The van der Waals surface area contributed by atoms with E-state index in [0.717, 1.165) is 25.1 Å². The Morgan fingerprint density at radius 1 is 0.947 bits per heavy atom. The van der Waals surface area contributed by atoms with Gasteiger partial charge in [0.25, 0.3) is 0 Å². The van der Waals surface area contributed by atoms with Crippen LogP contribution in [-0.2, 0) is 6.42 Å². The van der Waals surface area contributed by atoms with Gasteiger partial charge in [-0.05, 0) is 43.0 Å². The quantitative estimate of drug-likeness (QED) is 0.787. The van der Waals surface area contributed by atoms with Crippen molar-refractivity contribution in [2.45, 2.75) is 19.3 Å². The van der Waals surface area contributed by atoms with Crippen LogP contribution in [0.1, 0.15) is 24.0 Å². The molecule has 0 radical (unpaired) electrons. The predicted octanol–water partition coefficient (Wildman–Crippen LogP) is 3.99. The lowest BCUT2D eigenvalue weighted by molar-refractivity contribution is 0.763. The molecule has 0 saturated carbocycles. The van der Waals surface area contributed by atoms with Crippen molar-refractivity contribution in [1.82, 2.24) is 0 Å². The van der Waals surface area contributed by atoms with Crippen LogP contribution in [0.2, 0.25) is 0 Å². The molecule has 0 bridgehead atoms. The maximum atomic E-state index is 8.82. The lowest BCUT2D eigenvalue weighted by Gasteiger charge is -2.06. The van der Waals surface area contributed by atoms with E-state index in [9.17, 15) is 0 Å². The molecule has 0 heterocycles. The second-order valence-corrected chi connectivity index (χ2v) is 4.56. The molecular formula is C17H18N2. The normalized spacial score (nSPS) is 9.84. The molecule has 0 atom stereocenters. The third kappa shape index (κ3) is 4.48. The lowest BCUT2D eigenvalue weighted by atomic mass is 10.1. The van der Waals surface area contributed by atoms with Crippen molar-refractivity contribution < 1.29 is 0 Å². The van der Waals surface area contributed by atoms with Crippen LogP contribution in [0.4, 0.5) is 5.69 Å². The topological polar surface area (TPSA) is 35.8 Å². The molecule has 0 amide bonds. The minimum atomic E-state index is 0.703. The molecule has 0 fully saturated rings. The van der Waals surface area contributed by atoms with Crippen molar-refractivity contribution >= 4 is 5.69 Å². The highest BCUT2D eigenvalue weighted by Crippen LogP contribution is 2.10. The third-order valence-electron chi connectivity index (χ3n) is 3.06. The van der Waals surface area contributed by atoms with Gasteiger partial charge in [-0.15, -0.1) is 0 Å². The summed E-state index contributed by atoms with van der Waals surface area (Å²) in [6.07, 6.45) is 3.43. The van der Waals surface area contributed by atoms with Gasteiger partial charge < -0.3 is 5.32 Å². The fourth-order valence-corrected chi connectivity index (χ4v) is 2.03. The van der Waals surface area contributed by atoms with E-state index in [0.29, 0.717) is 5.56 Å². The van der Waals surface area contributed by atoms with Gasteiger partial charge in [-0.2, -0.15) is 5.26 Å². The number of nitrogens with zero attached hydrogens (tertiary/aromatic N) is 1. The molecule has 19 heavy (non-hydrogen) atoms. The van der Waals surface area contributed by atoms with Crippen molar-refractivity contribution in [2.24, 2.45) is 0 Å². The molecule has 0 aliphatic rings. The van der Waals surface area contributed by atoms with Gasteiger partial charge in [-0.3, -0.25) is 0 Å². The standard InChI is InChI=1S/C17H18N2/c18-14-16-10-6-11-17(13-16)19-12-5-4-9-15-7-2-1-3-8-15/h1-3,6-8,10-11,13,19H,4-5,9,12H2. The van der Waals surface area contributed by atoms with E-state index in [-0.39, 0.29) is 0 Å². The highest BCUT2D eigenvalue weighted by Gasteiger charge is 1.95. The maximum absolute atomic E-state index is 8.82. The van der Waals surface area contributed by atoms with Crippen LogP contribution in [0.3, 0.4) is 0 Å². The fourth-order valence-electron chi connectivity index (χ4n) is 2.03. The van der Waals surface area contributed by atoms with Crippen molar-refractivity contribution in [1.29, 1.82) is 5.26 Å². The van der Waals surface area contributed by atoms with Gasteiger partial charge >= 0.3 is 0 Å². The average Bonchev–Trinajstić information content (AvgIpc) is 2.48. The highest BCUT2D eigenvalue weighted by atomic mass is 14.9. The van der Waals surface area contributed by atoms with Crippen LogP contribution in [-0.4, -0.2) is 6.54 Å². The SMILES string of the molecule is N#Cc1cccc(NCCCCc2ccccc2)c1. The number of benzene rings is 2. The first-order valence-electron chi connectivity index (χ1n) is 6.66. The Balaban J connectivity index is 1.68. The Labute approximate surface area is 114 Å². The molecular weight excluding hydrogens is 232 g/mol. The number of aryl methyl sites for hydroxylation is 1. The van der Waals surface area contributed by atoms with Crippen molar-refractivity contribution in [3.05, 3.63) is 65.7 Å². The van der Waals surface area contributed by atoms with Crippen molar-refractivity contribution in [3.63, 3.8) is 0 Å². The van der Waals surface area contributed by atoms with E-state index < -0.39 is 0 Å². The molecule has 96 valence electrons. The van der Waals surface area contributed by atoms with E-state index >= 15 is 0 Å². The number of nitriles is 1. The Kier molecular flexibility index (Phi) is 5.01. The first-order valence-corrected chi connectivity index (χ1v) is 6.66. The second kappa shape index (κ2) is 7.23. The summed E-state index contributed by atoms with van der Waals surface area (Å²) in [6, 6.07) is 20.3. The molecule has 0 aromatic heterocycles. The van der Waals surface area contributed by atoms with Gasteiger partial charge in [0.15, 0.2) is 0 Å². The molecule has 2 heteroatoms. The van der Waals surface area contributed by atoms with Crippen molar-refractivity contribution in [2.75, 3.05) is 11.9 Å². The second-order valence-electron chi connectivity index (χ2n) is 4.56. The zero-order valence-electron chi connectivity index (χ0n) is 11.0. The third-order valence-corrected chi connectivity index (χ3v) is 3.06. The summed E-state index contributed by atoms with van der Waals surface area (Å²) in [6.45, 7) is 0.946.